The van der Waals surface area contributed by atoms with Gasteiger partial charge in [-0.3, -0.25) is 10.1 Å². The van der Waals surface area contributed by atoms with Crippen LogP contribution in [0.3, 0.4) is 0 Å². The Balaban J connectivity index is 1.77. The Kier molecular flexibility index (Phi) is 4.45. The molecule has 1 amide bonds. The van der Waals surface area contributed by atoms with E-state index in [1.165, 1.54) is 35.2 Å². The van der Waals surface area contributed by atoms with Crippen molar-refractivity contribution >= 4 is 22.9 Å². The summed E-state index contributed by atoms with van der Waals surface area (Å²) in [7, 11) is 0. The summed E-state index contributed by atoms with van der Waals surface area (Å²) < 4.78 is 46.4. The van der Waals surface area contributed by atoms with Gasteiger partial charge in [0.15, 0.2) is 12.4 Å². The lowest BCUT2D eigenvalue weighted by atomic mass is 10.2. The fraction of sp³-hybridized carbons (Fsp3) is 0.105. The average molecular weight is 402 g/mol. The maximum atomic E-state index is 13.0. The van der Waals surface area contributed by atoms with Crippen molar-refractivity contribution in [1.29, 1.82) is 0 Å². The summed E-state index contributed by atoms with van der Waals surface area (Å²) in [5, 5.41) is 13.9. The Labute approximate surface area is 161 Å². The van der Waals surface area contributed by atoms with Crippen molar-refractivity contribution in [3.05, 3.63) is 83.2 Å². The van der Waals surface area contributed by atoms with E-state index < -0.39 is 17.6 Å². The molecular weight excluding hydrogens is 389 g/mol. The summed E-state index contributed by atoms with van der Waals surface area (Å²) in [5.41, 5.74) is -0.318. The molecule has 3 aromatic heterocycles. The maximum Gasteiger partial charge on any atom is 0.416 e. The predicted molar refractivity (Wildman–Crippen MR) is 95.9 cm³/mol. The fourth-order valence-electron chi connectivity index (χ4n) is 2.88. The minimum atomic E-state index is -4.52. The van der Waals surface area contributed by atoms with Gasteiger partial charge in [0.1, 0.15) is 11.3 Å². The number of anilines is 1. The molecular formula is C19H13F3N4O3. The smallest absolute Gasteiger partial charge is 0.416 e. The second-order valence-electron chi connectivity index (χ2n) is 6.21. The van der Waals surface area contributed by atoms with Crippen molar-refractivity contribution in [3.8, 4) is 0 Å². The van der Waals surface area contributed by atoms with E-state index in [9.17, 15) is 23.2 Å². The van der Waals surface area contributed by atoms with Gasteiger partial charge in [-0.15, -0.1) is 0 Å². The molecule has 1 aromatic carbocycles. The third-order valence-electron chi connectivity index (χ3n) is 4.23. The number of fused-ring (bicyclic) bond motifs is 1. The molecule has 7 nitrogen and oxygen atoms in total. The highest BCUT2D eigenvalue weighted by molar-refractivity contribution is 6.03. The van der Waals surface area contributed by atoms with Crippen LogP contribution in [0.5, 0.6) is 0 Å². The summed E-state index contributed by atoms with van der Waals surface area (Å²) in [4.78, 5) is 16.7. The number of pyridine rings is 1. The van der Waals surface area contributed by atoms with Crippen LogP contribution in [-0.4, -0.2) is 15.5 Å². The monoisotopic (exact) mass is 402 g/mol. The molecule has 0 saturated heterocycles. The first kappa shape index (κ1) is 18.5. The van der Waals surface area contributed by atoms with Crippen LogP contribution >= 0.6 is 0 Å². The second-order valence-corrected chi connectivity index (χ2v) is 6.21. The second kappa shape index (κ2) is 6.97. The zero-order valence-corrected chi connectivity index (χ0v) is 14.7. The highest BCUT2D eigenvalue weighted by atomic mass is 19.4. The Hall–Kier alpha value is -3.82. The van der Waals surface area contributed by atoms with Gasteiger partial charge in [-0.25, -0.2) is 4.98 Å². The number of rotatable bonds is 4. The number of amides is 1. The van der Waals surface area contributed by atoms with Crippen molar-refractivity contribution in [1.82, 2.24) is 9.55 Å². The van der Waals surface area contributed by atoms with Crippen LogP contribution in [0.25, 0.3) is 11.0 Å². The highest BCUT2D eigenvalue weighted by Gasteiger charge is 2.31. The molecule has 0 saturated carbocycles. The van der Waals surface area contributed by atoms with E-state index >= 15 is 0 Å². The van der Waals surface area contributed by atoms with Crippen molar-refractivity contribution in [2.45, 2.75) is 12.7 Å². The van der Waals surface area contributed by atoms with Crippen LogP contribution < -0.4 is 10.0 Å². The van der Waals surface area contributed by atoms with E-state index in [0.29, 0.717) is 16.0 Å². The molecule has 0 aliphatic heterocycles. The number of aromatic nitrogens is 3. The van der Waals surface area contributed by atoms with Crippen LogP contribution in [0.1, 0.15) is 21.7 Å². The molecule has 4 aromatic rings. The molecule has 0 spiro atoms. The molecule has 0 unspecified atom stereocenters. The Morgan fingerprint density at radius 3 is 2.76 bits per heavy atom. The molecule has 29 heavy (non-hydrogen) atoms. The average Bonchev–Trinajstić information content (AvgIpc) is 3.29. The van der Waals surface area contributed by atoms with Gasteiger partial charge in [0, 0.05) is 6.07 Å². The van der Waals surface area contributed by atoms with E-state index in [1.807, 2.05) is 0 Å². The number of imidazole rings is 1. The number of hydrogen-bond donors (Lipinski definition) is 1. The largest absolute Gasteiger partial charge is 0.619 e. The first-order valence-corrected chi connectivity index (χ1v) is 8.41. The first-order chi connectivity index (χ1) is 13.8. The number of alkyl halides is 3. The molecule has 4 rings (SSSR count). The maximum absolute atomic E-state index is 13.0. The van der Waals surface area contributed by atoms with E-state index in [0.717, 1.165) is 18.3 Å². The standard InChI is InChI=1S/C19H13F3N4O3/c20-19(21,22)13-5-6-16-15(9-13)23-18(26(16)11-14-4-2-8-29-14)24-17(27)12-3-1-7-25(28)10-12/h1-10H,11H2,(H,23,24,27). The normalized spacial score (nSPS) is 11.7. The lowest BCUT2D eigenvalue weighted by molar-refractivity contribution is -0.605. The molecule has 3 heterocycles. The van der Waals surface area contributed by atoms with Gasteiger partial charge in [-0.1, -0.05) is 0 Å². The van der Waals surface area contributed by atoms with Crippen molar-refractivity contribution in [2.24, 2.45) is 0 Å². The van der Waals surface area contributed by atoms with Gasteiger partial charge >= 0.3 is 6.18 Å². The summed E-state index contributed by atoms with van der Waals surface area (Å²) in [6.45, 7) is 0.140. The van der Waals surface area contributed by atoms with Gasteiger partial charge in [-0.2, -0.15) is 17.9 Å². The first-order valence-electron chi connectivity index (χ1n) is 8.41. The molecule has 0 aliphatic carbocycles. The van der Waals surface area contributed by atoms with E-state index in [4.69, 9.17) is 4.42 Å². The number of nitrogens with zero attached hydrogens (tertiary/aromatic N) is 3. The molecule has 0 atom stereocenters. The summed E-state index contributed by atoms with van der Waals surface area (Å²) in [5.74, 6) is -0.0684. The SMILES string of the molecule is O=C(Nc1nc2cc(C(F)(F)F)ccc2n1Cc1ccco1)c1ccc[n+]([O-])c1. The van der Waals surface area contributed by atoms with Gasteiger partial charge < -0.3 is 14.2 Å². The van der Waals surface area contributed by atoms with Gasteiger partial charge in [-0.05, 0) is 36.4 Å². The van der Waals surface area contributed by atoms with Crippen LogP contribution in [0, 0.1) is 5.21 Å². The van der Waals surface area contributed by atoms with Crippen molar-refractivity contribution in [2.75, 3.05) is 5.32 Å². The number of halogens is 3. The minimum Gasteiger partial charge on any atom is -0.619 e. The number of hydrogen-bond acceptors (Lipinski definition) is 4. The number of carbonyl (C=O) groups is 1. The highest BCUT2D eigenvalue weighted by Crippen LogP contribution is 2.32. The Morgan fingerprint density at radius 2 is 2.07 bits per heavy atom. The summed E-state index contributed by atoms with van der Waals surface area (Å²) in [6.07, 6.45) is -0.752. The van der Waals surface area contributed by atoms with Crippen LogP contribution in [0.4, 0.5) is 19.1 Å². The van der Waals surface area contributed by atoms with Crippen LogP contribution in [0.2, 0.25) is 0 Å². The Bertz CT molecular complexity index is 1180. The third kappa shape index (κ3) is 3.77. The quantitative estimate of drug-likeness (QED) is 0.418. The lowest BCUT2D eigenvalue weighted by Gasteiger charge is -2.09. The van der Waals surface area contributed by atoms with Gasteiger partial charge in [0.2, 0.25) is 5.95 Å². The van der Waals surface area contributed by atoms with Gasteiger partial charge in [0.05, 0.1) is 29.4 Å². The fourth-order valence-corrected chi connectivity index (χ4v) is 2.88. The zero-order valence-electron chi connectivity index (χ0n) is 14.7. The lowest BCUT2D eigenvalue weighted by Crippen LogP contribution is -2.27. The molecule has 0 bridgehead atoms. The summed E-state index contributed by atoms with van der Waals surface area (Å²) >= 11 is 0. The Morgan fingerprint density at radius 1 is 1.24 bits per heavy atom. The number of furan rings is 1. The molecule has 10 heteroatoms. The number of nitrogens with one attached hydrogen (secondary N) is 1. The molecule has 0 fully saturated rings. The van der Waals surface area contributed by atoms with E-state index in [-0.39, 0.29) is 23.6 Å². The molecule has 1 N–H and O–H groups in total. The van der Waals surface area contributed by atoms with Gasteiger partial charge in [0.25, 0.3) is 5.91 Å². The van der Waals surface area contributed by atoms with Crippen molar-refractivity contribution in [3.63, 3.8) is 0 Å². The summed E-state index contributed by atoms with van der Waals surface area (Å²) in [6, 6.07) is 9.36. The molecule has 0 aliphatic rings. The number of benzene rings is 1. The molecule has 148 valence electrons. The van der Waals surface area contributed by atoms with E-state index in [2.05, 4.69) is 10.3 Å². The minimum absolute atomic E-state index is 0.0297. The zero-order chi connectivity index (χ0) is 20.6. The molecule has 0 radical (unpaired) electrons. The van der Waals surface area contributed by atoms with Crippen LogP contribution in [0.15, 0.2) is 65.5 Å². The predicted octanol–water partition coefficient (Wildman–Crippen LogP) is 3.58. The number of carbonyl (C=O) groups excluding carboxylic acids is 1. The third-order valence-corrected chi connectivity index (χ3v) is 4.23. The van der Waals surface area contributed by atoms with Crippen molar-refractivity contribution < 1.29 is 27.1 Å². The topological polar surface area (TPSA) is 87.0 Å². The van der Waals surface area contributed by atoms with Crippen LogP contribution in [-0.2, 0) is 12.7 Å². The van der Waals surface area contributed by atoms with E-state index in [1.54, 1.807) is 12.1 Å².